The van der Waals surface area contributed by atoms with Gasteiger partial charge in [-0.25, -0.2) is 0 Å². The minimum absolute atomic E-state index is 0.896. The molecule has 1 N–H and O–H groups in total. The van der Waals surface area contributed by atoms with Gasteiger partial charge < -0.3 is 5.32 Å². The van der Waals surface area contributed by atoms with Gasteiger partial charge in [0, 0.05) is 18.8 Å². The van der Waals surface area contributed by atoms with E-state index in [0.717, 1.165) is 13.1 Å². The van der Waals surface area contributed by atoms with E-state index in [2.05, 4.69) is 10.3 Å². The SMILES string of the molecule is CCN=C(C)CNC. The summed E-state index contributed by atoms with van der Waals surface area (Å²) in [5.74, 6) is 0. The van der Waals surface area contributed by atoms with Crippen LogP contribution in [-0.2, 0) is 0 Å². The average Bonchev–Trinajstić information content (AvgIpc) is 1.68. The van der Waals surface area contributed by atoms with Gasteiger partial charge in [-0.05, 0) is 20.9 Å². The van der Waals surface area contributed by atoms with Crippen molar-refractivity contribution in [1.82, 2.24) is 5.32 Å². The van der Waals surface area contributed by atoms with Gasteiger partial charge in [-0.2, -0.15) is 0 Å². The zero-order chi connectivity index (χ0) is 6.41. The molecule has 0 aromatic rings. The maximum atomic E-state index is 4.17. The van der Waals surface area contributed by atoms with Crippen molar-refractivity contribution in [2.75, 3.05) is 20.1 Å². The lowest BCUT2D eigenvalue weighted by atomic mass is 10.4. The zero-order valence-corrected chi connectivity index (χ0v) is 5.86. The van der Waals surface area contributed by atoms with Gasteiger partial charge in [0.2, 0.25) is 0 Å². The maximum absolute atomic E-state index is 4.17. The number of aliphatic imine (C=N–C) groups is 1. The molecular weight excluding hydrogens is 100 g/mol. The molecule has 0 heterocycles. The van der Waals surface area contributed by atoms with Crippen LogP contribution in [0.2, 0.25) is 0 Å². The molecule has 2 heteroatoms. The van der Waals surface area contributed by atoms with Crippen molar-refractivity contribution >= 4 is 5.71 Å². The first-order chi connectivity index (χ1) is 3.81. The molecule has 0 amide bonds. The van der Waals surface area contributed by atoms with Crippen LogP contribution in [0.15, 0.2) is 4.99 Å². The Morgan fingerprint density at radius 2 is 2.25 bits per heavy atom. The molecule has 0 aromatic heterocycles. The summed E-state index contributed by atoms with van der Waals surface area (Å²) < 4.78 is 0. The number of hydrogen-bond donors (Lipinski definition) is 1. The highest BCUT2D eigenvalue weighted by Crippen LogP contribution is 1.73. The molecule has 0 unspecified atom stereocenters. The Bertz CT molecular complexity index is 76.6. The standard InChI is InChI=1S/C6H14N2/c1-4-8-6(2)5-7-3/h7H,4-5H2,1-3H3. The van der Waals surface area contributed by atoms with Gasteiger partial charge in [-0.1, -0.05) is 0 Å². The Morgan fingerprint density at radius 1 is 1.62 bits per heavy atom. The van der Waals surface area contributed by atoms with Gasteiger partial charge in [0.15, 0.2) is 0 Å². The Hall–Kier alpha value is -0.370. The second-order valence-corrected chi connectivity index (χ2v) is 1.74. The van der Waals surface area contributed by atoms with Crippen molar-refractivity contribution in [1.29, 1.82) is 0 Å². The fourth-order valence-electron chi connectivity index (χ4n) is 0.582. The van der Waals surface area contributed by atoms with Crippen molar-refractivity contribution in [3.63, 3.8) is 0 Å². The summed E-state index contributed by atoms with van der Waals surface area (Å²) >= 11 is 0. The predicted molar refractivity (Wildman–Crippen MR) is 37.6 cm³/mol. The number of rotatable bonds is 3. The molecule has 0 saturated heterocycles. The lowest BCUT2D eigenvalue weighted by molar-refractivity contribution is 0.933. The van der Waals surface area contributed by atoms with E-state index in [0.29, 0.717) is 0 Å². The van der Waals surface area contributed by atoms with Crippen molar-refractivity contribution in [3.8, 4) is 0 Å². The molecule has 0 fully saturated rings. The highest BCUT2D eigenvalue weighted by Gasteiger charge is 1.82. The minimum Gasteiger partial charge on any atom is -0.315 e. The van der Waals surface area contributed by atoms with Crippen LogP contribution in [0.3, 0.4) is 0 Å². The summed E-state index contributed by atoms with van der Waals surface area (Å²) in [5, 5.41) is 3.02. The summed E-state index contributed by atoms with van der Waals surface area (Å²) in [6, 6.07) is 0. The quantitative estimate of drug-likeness (QED) is 0.536. The van der Waals surface area contributed by atoms with Crippen molar-refractivity contribution < 1.29 is 0 Å². The smallest absolute Gasteiger partial charge is 0.0360 e. The lowest BCUT2D eigenvalue weighted by Crippen LogP contribution is -2.15. The molecule has 0 aromatic carbocycles. The molecule has 0 bridgehead atoms. The molecule has 48 valence electrons. The molecule has 8 heavy (non-hydrogen) atoms. The highest BCUT2D eigenvalue weighted by atomic mass is 14.8. The van der Waals surface area contributed by atoms with Gasteiger partial charge in [-0.15, -0.1) is 0 Å². The Balaban J connectivity index is 3.29. The molecule has 0 aliphatic rings. The number of hydrogen-bond acceptors (Lipinski definition) is 2. The summed E-state index contributed by atoms with van der Waals surface area (Å²) in [6.07, 6.45) is 0. The lowest BCUT2D eigenvalue weighted by Gasteiger charge is -1.94. The van der Waals surface area contributed by atoms with Crippen LogP contribution in [0, 0.1) is 0 Å². The predicted octanol–water partition coefficient (Wildman–Crippen LogP) is 0.687. The fourth-order valence-corrected chi connectivity index (χ4v) is 0.582. The maximum Gasteiger partial charge on any atom is 0.0360 e. The Labute approximate surface area is 51.0 Å². The molecule has 0 aliphatic heterocycles. The van der Waals surface area contributed by atoms with E-state index >= 15 is 0 Å². The summed E-state index contributed by atoms with van der Waals surface area (Å²) in [7, 11) is 1.93. The van der Waals surface area contributed by atoms with E-state index in [1.54, 1.807) is 0 Å². The first-order valence-corrected chi connectivity index (χ1v) is 2.95. The van der Waals surface area contributed by atoms with E-state index in [4.69, 9.17) is 0 Å². The van der Waals surface area contributed by atoms with Gasteiger partial charge in [0.25, 0.3) is 0 Å². The van der Waals surface area contributed by atoms with Crippen molar-refractivity contribution in [3.05, 3.63) is 0 Å². The topological polar surface area (TPSA) is 24.4 Å². The Morgan fingerprint density at radius 3 is 2.62 bits per heavy atom. The highest BCUT2D eigenvalue weighted by molar-refractivity contribution is 5.83. The van der Waals surface area contributed by atoms with E-state index in [1.165, 1.54) is 5.71 Å². The first kappa shape index (κ1) is 7.63. The zero-order valence-electron chi connectivity index (χ0n) is 5.86. The summed E-state index contributed by atoms with van der Waals surface area (Å²) in [6.45, 7) is 5.88. The monoisotopic (exact) mass is 114 g/mol. The number of nitrogens with zero attached hydrogens (tertiary/aromatic N) is 1. The van der Waals surface area contributed by atoms with Crippen LogP contribution in [0.1, 0.15) is 13.8 Å². The van der Waals surface area contributed by atoms with E-state index in [-0.39, 0.29) is 0 Å². The second kappa shape index (κ2) is 4.78. The molecule has 0 radical (unpaired) electrons. The van der Waals surface area contributed by atoms with Gasteiger partial charge >= 0.3 is 0 Å². The molecule has 0 saturated carbocycles. The van der Waals surface area contributed by atoms with E-state index in [9.17, 15) is 0 Å². The third-order valence-electron chi connectivity index (χ3n) is 0.861. The van der Waals surface area contributed by atoms with Gasteiger partial charge in [0.1, 0.15) is 0 Å². The fraction of sp³-hybridized carbons (Fsp3) is 0.833. The van der Waals surface area contributed by atoms with Crippen LogP contribution >= 0.6 is 0 Å². The average molecular weight is 114 g/mol. The molecular formula is C6H14N2. The van der Waals surface area contributed by atoms with Crippen molar-refractivity contribution in [2.45, 2.75) is 13.8 Å². The molecule has 0 atom stereocenters. The first-order valence-electron chi connectivity index (χ1n) is 2.95. The van der Waals surface area contributed by atoms with Gasteiger partial charge in [0.05, 0.1) is 0 Å². The molecule has 0 rings (SSSR count). The third-order valence-corrected chi connectivity index (χ3v) is 0.861. The Kier molecular flexibility index (Phi) is 4.56. The van der Waals surface area contributed by atoms with Crippen molar-refractivity contribution in [2.24, 2.45) is 4.99 Å². The van der Waals surface area contributed by atoms with Gasteiger partial charge in [-0.3, -0.25) is 4.99 Å². The molecule has 0 aliphatic carbocycles. The molecule has 0 spiro atoms. The van der Waals surface area contributed by atoms with Crippen LogP contribution in [-0.4, -0.2) is 25.8 Å². The molecule has 2 nitrogen and oxygen atoms in total. The van der Waals surface area contributed by atoms with Crippen LogP contribution in [0.5, 0.6) is 0 Å². The van der Waals surface area contributed by atoms with E-state index in [1.807, 2.05) is 20.9 Å². The largest absolute Gasteiger partial charge is 0.315 e. The van der Waals surface area contributed by atoms with Crippen LogP contribution in [0.4, 0.5) is 0 Å². The second-order valence-electron chi connectivity index (χ2n) is 1.74. The van der Waals surface area contributed by atoms with Crippen LogP contribution in [0.25, 0.3) is 0 Å². The third kappa shape index (κ3) is 3.81. The van der Waals surface area contributed by atoms with E-state index < -0.39 is 0 Å². The minimum atomic E-state index is 0.896. The summed E-state index contributed by atoms with van der Waals surface area (Å²) in [4.78, 5) is 4.17. The number of nitrogens with one attached hydrogen (secondary N) is 1. The van der Waals surface area contributed by atoms with Crippen LogP contribution < -0.4 is 5.32 Å². The summed E-state index contributed by atoms with van der Waals surface area (Å²) in [5.41, 5.74) is 1.18. The normalized spacial score (nSPS) is 12.1.